The number of anilines is 2. The first-order valence-electron chi connectivity index (χ1n) is 7.14. The molecule has 0 aromatic heterocycles. The van der Waals surface area contributed by atoms with Crippen molar-refractivity contribution in [2.75, 3.05) is 17.7 Å². The van der Waals surface area contributed by atoms with E-state index >= 15 is 0 Å². The van der Waals surface area contributed by atoms with Crippen LogP contribution in [0.5, 0.6) is 5.75 Å². The van der Waals surface area contributed by atoms with Crippen LogP contribution >= 0.6 is 0 Å². The molecule has 0 spiro atoms. The van der Waals surface area contributed by atoms with Crippen molar-refractivity contribution in [2.24, 2.45) is 0 Å². The first-order chi connectivity index (χ1) is 10.1. The van der Waals surface area contributed by atoms with Crippen LogP contribution in [0.3, 0.4) is 0 Å². The van der Waals surface area contributed by atoms with Gasteiger partial charge in [-0.05, 0) is 37.1 Å². The van der Waals surface area contributed by atoms with E-state index in [-0.39, 0.29) is 11.9 Å². The number of rotatable bonds is 6. The minimum atomic E-state index is -0.235. The van der Waals surface area contributed by atoms with E-state index in [1.54, 1.807) is 12.1 Å². The molecule has 3 N–H and O–H groups in total. The van der Waals surface area contributed by atoms with E-state index in [2.05, 4.69) is 12.2 Å². The highest BCUT2D eigenvalue weighted by Crippen LogP contribution is 2.26. The molecule has 2 aromatic carbocycles. The number of halogens is 1. The standard InChI is InChI=1S/C17H21FN2O/c1-3-7-21-17-10-15(19)9-16(11-17)20-12(2)13-5-4-6-14(18)8-13/h4-6,8-12,20H,3,7,19H2,1-2H3. The van der Waals surface area contributed by atoms with Crippen LogP contribution in [-0.4, -0.2) is 6.61 Å². The van der Waals surface area contributed by atoms with Gasteiger partial charge in [-0.2, -0.15) is 0 Å². The molecule has 1 unspecified atom stereocenters. The van der Waals surface area contributed by atoms with Crippen molar-refractivity contribution >= 4 is 11.4 Å². The molecule has 0 saturated carbocycles. The Kier molecular flexibility index (Phi) is 5.04. The van der Waals surface area contributed by atoms with Crippen molar-refractivity contribution < 1.29 is 9.13 Å². The van der Waals surface area contributed by atoms with Gasteiger partial charge in [0.2, 0.25) is 0 Å². The van der Waals surface area contributed by atoms with Gasteiger partial charge in [-0.25, -0.2) is 4.39 Å². The van der Waals surface area contributed by atoms with E-state index in [0.717, 1.165) is 23.4 Å². The number of benzene rings is 2. The average molecular weight is 288 g/mol. The maximum Gasteiger partial charge on any atom is 0.123 e. The van der Waals surface area contributed by atoms with Crippen molar-refractivity contribution in [2.45, 2.75) is 26.3 Å². The van der Waals surface area contributed by atoms with Crippen molar-refractivity contribution in [3.05, 3.63) is 53.8 Å². The van der Waals surface area contributed by atoms with Gasteiger partial charge in [0.05, 0.1) is 6.61 Å². The summed E-state index contributed by atoms with van der Waals surface area (Å²) in [5, 5.41) is 3.32. The maximum atomic E-state index is 13.3. The first-order valence-corrected chi connectivity index (χ1v) is 7.14. The van der Waals surface area contributed by atoms with Gasteiger partial charge in [0.15, 0.2) is 0 Å². The van der Waals surface area contributed by atoms with Gasteiger partial charge in [-0.1, -0.05) is 19.1 Å². The number of nitrogens with one attached hydrogen (secondary N) is 1. The average Bonchev–Trinajstić information content (AvgIpc) is 2.44. The van der Waals surface area contributed by atoms with E-state index in [9.17, 15) is 4.39 Å². The lowest BCUT2D eigenvalue weighted by Gasteiger charge is -2.17. The summed E-state index contributed by atoms with van der Waals surface area (Å²) in [6.07, 6.45) is 0.942. The van der Waals surface area contributed by atoms with Crippen LogP contribution < -0.4 is 15.8 Å². The molecule has 2 aromatic rings. The van der Waals surface area contributed by atoms with Crippen LogP contribution in [0.1, 0.15) is 31.9 Å². The predicted molar refractivity (Wildman–Crippen MR) is 85.1 cm³/mol. The first kappa shape index (κ1) is 15.2. The molecule has 0 heterocycles. The zero-order valence-electron chi connectivity index (χ0n) is 12.4. The second-order valence-corrected chi connectivity index (χ2v) is 5.06. The van der Waals surface area contributed by atoms with E-state index in [4.69, 9.17) is 10.5 Å². The molecule has 0 aliphatic rings. The second kappa shape index (κ2) is 6.97. The highest BCUT2D eigenvalue weighted by Gasteiger charge is 2.08. The van der Waals surface area contributed by atoms with E-state index in [1.807, 2.05) is 25.1 Å². The van der Waals surface area contributed by atoms with Crippen molar-refractivity contribution in [1.82, 2.24) is 0 Å². The van der Waals surface area contributed by atoms with Crippen LogP contribution in [0.2, 0.25) is 0 Å². The molecule has 3 nitrogen and oxygen atoms in total. The quantitative estimate of drug-likeness (QED) is 0.776. The SMILES string of the molecule is CCCOc1cc(N)cc(NC(C)c2cccc(F)c2)c1. The van der Waals surface area contributed by atoms with Crippen LogP contribution in [-0.2, 0) is 0 Å². The molecular weight excluding hydrogens is 267 g/mol. The monoisotopic (exact) mass is 288 g/mol. The Morgan fingerprint density at radius 3 is 2.76 bits per heavy atom. The Morgan fingerprint density at radius 2 is 2.05 bits per heavy atom. The molecule has 2 rings (SSSR count). The number of nitrogen functional groups attached to an aromatic ring is 1. The topological polar surface area (TPSA) is 47.3 Å². The van der Waals surface area contributed by atoms with Gasteiger partial charge < -0.3 is 15.8 Å². The second-order valence-electron chi connectivity index (χ2n) is 5.06. The predicted octanol–water partition coefficient (Wildman–Crippen LogP) is 4.37. The third-order valence-electron chi connectivity index (χ3n) is 3.13. The van der Waals surface area contributed by atoms with Crippen molar-refractivity contribution in [3.8, 4) is 5.75 Å². The Balaban J connectivity index is 2.13. The maximum absolute atomic E-state index is 13.3. The Morgan fingerprint density at radius 1 is 1.24 bits per heavy atom. The van der Waals surface area contributed by atoms with Crippen molar-refractivity contribution in [3.63, 3.8) is 0 Å². The molecule has 112 valence electrons. The fourth-order valence-electron chi connectivity index (χ4n) is 2.12. The Hall–Kier alpha value is -2.23. The zero-order chi connectivity index (χ0) is 15.2. The summed E-state index contributed by atoms with van der Waals surface area (Å²) >= 11 is 0. The smallest absolute Gasteiger partial charge is 0.123 e. The Bertz CT molecular complexity index is 601. The highest BCUT2D eigenvalue weighted by molar-refractivity contribution is 5.59. The number of ether oxygens (including phenoxy) is 1. The number of hydrogen-bond acceptors (Lipinski definition) is 3. The summed E-state index contributed by atoms with van der Waals surface area (Å²) in [4.78, 5) is 0. The summed E-state index contributed by atoms with van der Waals surface area (Å²) in [5.41, 5.74) is 8.27. The van der Waals surface area contributed by atoms with Crippen molar-refractivity contribution in [1.29, 1.82) is 0 Å². The third-order valence-corrected chi connectivity index (χ3v) is 3.13. The normalized spacial score (nSPS) is 12.0. The third kappa shape index (κ3) is 4.38. The van der Waals surface area contributed by atoms with Gasteiger partial charge >= 0.3 is 0 Å². The Labute approximate surface area is 124 Å². The summed E-state index contributed by atoms with van der Waals surface area (Å²) in [6, 6.07) is 12.1. The molecule has 0 amide bonds. The highest BCUT2D eigenvalue weighted by atomic mass is 19.1. The summed E-state index contributed by atoms with van der Waals surface area (Å²) < 4.78 is 18.9. The van der Waals surface area contributed by atoms with E-state index in [0.29, 0.717) is 12.3 Å². The largest absolute Gasteiger partial charge is 0.493 e. The molecule has 4 heteroatoms. The molecule has 0 aliphatic carbocycles. The molecule has 0 aliphatic heterocycles. The van der Waals surface area contributed by atoms with Gasteiger partial charge in [0.25, 0.3) is 0 Å². The van der Waals surface area contributed by atoms with Gasteiger partial charge in [-0.15, -0.1) is 0 Å². The molecule has 0 bridgehead atoms. The zero-order valence-corrected chi connectivity index (χ0v) is 12.4. The number of nitrogens with two attached hydrogens (primary N) is 1. The molecule has 0 saturated heterocycles. The lowest BCUT2D eigenvalue weighted by molar-refractivity contribution is 0.318. The van der Waals surface area contributed by atoms with E-state index < -0.39 is 0 Å². The van der Waals surface area contributed by atoms with Crippen LogP contribution in [0.25, 0.3) is 0 Å². The fraction of sp³-hybridized carbons (Fsp3) is 0.294. The molecule has 21 heavy (non-hydrogen) atoms. The van der Waals surface area contributed by atoms with Crippen LogP contribution in [0.4, 0.5) is 15.8 Å². The lowest BCUT2D eigenvalue weighted by atomic mass is 10.1. The summed E-state index contributed by atoms with van der Waals surface area (Å²) in [5.74, 6) is 0.506. The van der Waals surface area contributed by atoms with E-state index in [1.165, 1.54) is 12.1 Å². The minimum absolute atomic E-state index is 0.0264. The summed E-state index contributed by atoms with van der Waals surface area (Å²) in [7, 11) is 0. The van der Waals surface area contributed by atoms with Crippen LogP contribution in [0, 0.1) is 5.82 Å². The molecule has 1 atom stereocenters. The molecule has 0 radical (unpaired) electrons. The fourth-order valence-corrected chi connectivity index (χ4v) is 2.12. The van der Waals surface area contributed by atoms with Crippen LogP contribution in [0.15, 0.2) is 42.5 Å². The van der Waals surface area contributed by atoms with Gasteiger partial charge in [0, 0.05) is 29.5 Å². The minimum Gasteiger partial charge on any atom is -0.493 e. The molecular formula is C17H21FN2O. The summed E-state index contributed by atoms with van der Waals surface area (Å²) in [6.45, 7) is 4.68. The lowest BCUT2D eigenvalue weighted by Crippen LogP contribution is -2.07. The van der Waals surface area contributed by atoms with Gasteiger partial charge in [-0.3, -0.25) is 0 Å². The van der Waals surface area contributed by atoms with Gasteiger partial charge in [0.1, 0.15) is 11.6 Å². The number of hydrogen-bond donors (Lipinski definition) is 2. The molecule has 0 fully saturated rings.